The highest BCUT2D eigenvalue weighted by molar-refractivity contribution is 6.01. The van der Waals surface area contributed by atoms with E-state index in [4.69, 9.17) is 21.7 Å². The topological polar surface area (TPSA) is 599 Å². The van der Waals surface area contributed by atoms with Crippen molar-refractivity contribution in [2.45, 2.75) is 191 Å². The molecule has 0 aromatic heterocycles. The Bertz CT molecular complexity index is 2950. The lowest BCUT2D eigenvalue weighted by atomic mass is 10.00. The molecule has 1 heterocycles. The molecule has 2 rings (SSSR count). The molecule has 13 amide bonds. The number of primary amides is 1. The number of aliphatic carboxylic acids is 4. The van der Waals surface area contributed by atoms with Crippen LogP contribution in [0.15, 0.2) is 30.3 Å². The zero-order valence-corrected chi connectivity index (χ0v) is 53.5. The van der Waals surface area contributed by atoms with Crippen molar-refractivity contribution in [1.82, 2.24) is 63.4 Å². The Morgan fingerprint density at radius 3 is 1.49 bits per heavy atom. The first-order valence-corrected chi connectivity index (χ1v) is 30.2. The van der Waals surface area contributed by atoms with Crippen LogP contribution < -0.4 is 70.0 Å². The highest BCUT2D eigenvalue weighted by Crippen LogP contribution is 2.21. The van der Waals surface area contributed by atoms with Gasteiger partial charge in [-0.25, -0.2) is 0 Å². The summed E-state index contributed by atoms with van der Waals surface area (Å²) in [7, 11) is 0. The number of nitrogens with one attached hydrogen (secondary N) is 11. The number of aliphatic hydroxyl groups is 2. The number of likely N-dealkylation sites (tertiary alicyclic amines) is 1. The number of benzene rings is 1. The van der Waals surface area contributed by atoms with E-state index in [-0.39, 0.29) is 50.5 Å². The molecule has 1 aliphatic heterocycles. The molecule has 0 spiro atoms. The Labute approximate surface area is 544 Å². The molecule has 1 aliphatic rings. The van der Waals surface area contributed by atoms with Crippen molar-refractivity contribution >= 4 is 101 Å². The largest absolute Gasteiger partial charge is 0.481 e. The van der Waals surface area contributed by atoms with Gasteiger partial charge in [-0.1, -0.05) is 58.0 Å². The van der Waals surface area contributed by atoms with Crippen LogP contribution in [0, 0.1) is 11.8 Å². The first kappa shape index (κ1) is 81.2. The molecule has 0 radical (unpaired) electrons. The van der Waals surface area contributed by atoms with Gasteiger partial charge in [0.25, 0.3) is 0 Å². The molecule has 528 valence electrons. The van der Waals surface area contributed by atoms with Crippen LogP contribution in [0.25, 0.3) is 0 Å². The lowest BCUT2D eigenvalue weighted by Crippen LogP contribution is -2.62. The summed E-state index contributed by atoms with van der Waals surface area (Å²) in [5.74, 6) is -20.6. The quantitative estimate of drug-likeness (QED) is 0.0290. The third-order valence-corrected chi connectivity index (χ3v) is 14.3. The average molecular weight is 1350 g/mol. The van der Waals surface area contributed by atoms with E-state index >= 15 is 0 Å². The molecule has 37 nitrogen and oxygen atoms in total. The fourth-order valence-corrected chi connectivity index (χ4v) is 9.41. The summed E-state index contributed by atoms with van der Waals surface area (Å²) in [6.45, 7) is 8.12. The van der Waals surface area contributed by atoms with Gasteiger partial charge in [-0.3, -0.25) is 81.5 Å². The molecular weight excluding hydrogens is 1260 g/mol. The summed E-state index contributed by atoms with van der Waals surface area (Å²) in [6.07, 6.45) is -5.80. The monoisotopic (exact) mass is 1350 g/mol. The van der Waals surface area contributed by atoms with Crippen molar-refractivity contribution in [2.24, 2.45) is 23.3 Å². The fourth-order valence-electron chi connectivity index (χ4n) is 9.41. The predicted octanol–water partition coefficient (Wildman–Crippen LogP) is -7.21. The highest BCUT2D eigenvalue weighted by Gasteiger charge is 2.41. The van der Waals surface area contributed by atoms with Crippen LogP contribution in [0.4, 0.5) is 0 Å². The Hall–Kier alpha value is -9.91. The molecule has 1 aromatic carbocycles. The second kappa shape index (κ2) is 39.6. The van der Waals surface area contributed by atoms with Crippen LogP contribution in [0.3, 0.4) is 0 Å². The lowest BCUT2D eigenvalue weighted by molar-refractivity contribution is -0.143. The lowest BCUT2D eigenvalue weighted by Gasteiger charge is -2.31. The van der Waals surface area contributed by atoms with E-state index in [1.165, 1.54) is 0 Å². The van der Waals surface area contributed by atoms with E-state index in [2.05, 4.69) is 47.9 Å². The second-order valence-electron chi connectivity index (χ2n) is 23.5. The van der Waals surface area contributed by atoms with Crippen LogP contribution in [0.5, 0.6) is 0 Å². The number of hydrogen-bond donors (Lipinski definition) is 19. The van der Waals surface area contributed by atoms with Crippen LogP contribution in [-0.2, 0) is 87.9 Å². The summed E-state index contributed by atoms with van der Waals surface area (Å²) in [4.78, 5) is 222. The van der Waals surface area contributed by atoms with Gasteiger partial charge in [0, 0.05) is 19.4 Å². The molecular formula is C58H88N14O23. The molecule has 95 heavy (non-hydrogen) atoms. The first-order valence-electron chi connectivity index (χ1n) is 30.2. The van der Waals surface area contributed by atoms with Crippen molar-refractivity contribution in [3.8, 4) is 0 Å². The number of nitrogens with two attached hydrogens (primary N) is 2. The van der Waals surface area contributed by atoms with Gasteiger partial charge in [-0.05, 0) is 70.3 Å². The molecule has 1 saturated heterocycles. The van der Waals surface area contributed by atoms with Crippen molar-refractivity contribution in [1.29, 1.82) is 0 Å². The summed E-state index contributed by atoms with van der Waals surface area (Å²) in [5, 5.41) is 82.6. The van der Waals surface area contributed by atoms with Crippen LogP contribution in [0.2, 0.25) is 0 Å². The molecule has 0 aliphatic carbocycles. The minimum absolute atomic E-state index is 0.0304. The number of carbonyl (C=O) groups is 17. The molecule has 1 aromatic rings. The number of carboxylic acids is 4. The first-order chi connectivity index (χ1) is 44.3. The number of amides is 13. The highest BCUT2D eigenvalue weighted by atomic mass is 16.4. The minimum atomic E-state index is -1.88. The smallest absolute Gasteiger partial charge is 0.322 e. The Morgan fingerprint density at radius 2 is 0.979 bits per heavy atom. The van der Waals surface area contributed by atoms with E-state index in [9.17, 15) is 102 Å². The van der Waals surface area contributed by atoms with E-state index in [0.717, 1.165) is 25.7 Å². The van der Waals surface area contributed by atoms with Crippen LogP contribution in [0.1, 0.15) is 112 Å². The maximum atomic E-state index is 14.5. The van der Waals surface area contributed by atoms with Gasteiger partial charge in [0.05, 0.1) is 38.0 Å². The van der Waals surface area contributed by atoms with Gasteiger partial charge >= 0.3 is 23.9 Å². The number of aliphatic hydroxyl groups excluding tert-OH is 2. The number of carbonyl (C=O) groups excluding carboxylic acids is 13. The number of carboxylic acid groups (broad SMARTS) is 4. The van der Waals surface area contributed by atoms with Crippen molar-refractivity contribution in [3.05, 3.63) is 35.9 Å². The van der Waals surface area contributed by atoms with Crippen molar-refractivity contribution in [2.75, 3.05) is 19.7 Å². The average Bonchev–Trinajstić information content (AvgIpc) is 1.82. The zero-order chi connectivity index (χ0) is 72.1. The predicted molar refractivity (Wildman–Crippen MR) is 327 cm³/mol. The van der Waals surface area contributed by atoms with Gasteiger partial charge in [0.15, 0.2) is 0 Å². The second-order valence-corrected chi connectivity index (χ2v) is 23.5. The normalized spacial score (nSPS) is 16.5. The van der Waals surface area contributed by atoms with Crippen LogP contribution >= 0.6 is 0 Å². The molecule has 1 fully saturated rings. The molecule has 0 bridgehead atoms. The standard InChI is InChI=1S/C58H88N14O23/c1-26(2)18-34(65-47(84)28(5)62-52(89)37(23-44(80)81)66-49(86)32(59)21-43(78)79)53(90)67-36(22-41(60)75)51(88)63-29(6)48(85)71-46(30(7)74)57(94)68-35(20-31-12-9-8-10-13-31)54(91)69-38(19-27(3)4)58(95)72-17-11-14-40(72)56(93)70-39(25-73)55(92)64-33(15-16-42(76)77)50(87)61-24-45(82)83/h8-10,12-13,26-30,32-40,46,73-74H,11,14-25,59H2,1-7H3,(H2,60,75)(H,61,87)(H,62,89)(H,63,88)(H,64,92)(H,65,84)(H,66,86)(H,67,90)(H,68,94)(H,69,91)(H,70,93)(H,71,85)(H,76,77)(H,78,79)(H,80,81)(H,82,83)/t28-,29-,30+,32-,33-,34-,35-,36-,37-,38-,39-,40-,46-/m0/s1. The Morgan fingerprint density at radius 1 is 0.505 bits per heavy atom. The van der Waals surface area contributed by atoms with E-state index in [0.29, 0.717) is 5.56 Å². The molecule has 37 heteroatoms. The van der Waals surface area contributed by atoms with Crippen molar-refractivity contribution in [3.63, 3.8) is 0 Å². The van der Waals surface area contributed by atoms with Crippen LogP contribution in [-0.4, -0.2) is 235 Å². The summed E-state index contributed by atoms with van der Waals surface area (Å²) in [6, 6.07) is -11.4. The molecule has 0 unspecified atom stereocenters. The summed E-state index contributed by atoms with van der Waals surface area (Å²) in [5.41, 5.74) is 11.4. The van der Waals surface area contributed by atoms with E-state index < -0.39 is 225 Å². The van der Waals surface area contributed by atoms with Gasteiger partial charge < -0.3 is 105 Å². The minimum Gasteiger partial charge on any atom is -0.481 e. The number of nitrogens with zero attached hydrogens (tertiary/aromatic N) is 1. The van der Waals surface area contributed by atoms with Gasteiger partial charge in [-0.15, -0.1) is 0 Å². The zero-order valence-electron chi connectivity index (χ0n) is 53.5. The third kappa shape index (κ3) is 28.9. The third-order valence-electron chi connectivity index (χ3n) is 14.3. The maximum Gasteiger partial charge on any atom is 0.322 e. The summed E-state index contributed by atoms with van der Waals surface area (Å²) < 4.78 is 0. The fraction of sp³-hybridized carbons (Fsp3) is 0.603. The Balaban J connectivity index is 2.34. The molecule has 21 N–H and O–H groups in total. The van der Waals surface area contributed by atoms with Gasteiger partial charge in [0.2, 0.25) is 76.8 Å². The summed E-state index contributed by atoms with van der Waals surface area (Å²) >= 11 is 0. The van der Waals surface area contributed by atoms with Gasteiger partial charge in [-0.2, -0.15) is 0 Å². The van der Waals surface area contributed by atoms with E-state index in [1.54, 1.807) is 58.0 Å². The van der Waals surface area contributed by atoms with Crippen molar-refractivity contribution < 1.29 is 112 Å². The number of hydrogen-bond acceptors (Lipinski definition) is 20. The molecule has 13 atom stereocenters. The Kier molecular flexibility index (Phi) is 33.8. The molecule has 0 saturated carbocycles. The SMILES string of the molecule is CC(C)C[C@H](NC(=O)[C@H](C)NC(=O)[C@H](CC(=O)O)NC(=O)[C@@H](N)CC(=O)O)C(=O)N[C@@H](CC(N)=O)C(=O)N[C@@H](C)C(=O)N[C@H](C(=O)N[C@@H](Cc1ccccc1)C(=O)N[C@@H](CC(C)C)C(=O)N1CCC[C@H]1C(=O)N[C@@H](CO)C(=O)N[C@@H](CCC(=O)O)C(=O)NCC(=O)O)[C@@H](C)O. The van der Waals surface area contributed by atoms with Gasteiger partial charge in [0.1, 0.15) is 73.0 Å². The maximum absolute atomic E-state index is 14.5. The number of rotatable bonds is 41. The van der Waals surface area contributed by atoms with E-state index in [1.807, 2.05) is 10.6 Å².